The van der Waals surface area contributed by atoms with Gasteiger partial charge in [0, 0.05) is 46.3 Å². The number of carbonyl (C=O) groups is 2. The van der Waals surface area contributed by atoms with Crippen molar-refractivity contribution in [3.63, 3.8) is 0 Å². The molecule has 0 aromatic carbocycles. The van der Waals surface area contributed by atoms with Gasteiger partial charge < -0.3 is 24.6 Å². The highest BCUT2D eigenvalue weighted by atomic mass is 16.5. The number of likely N-dealkylation sites (N-methyl/N-ethyl adjacent to an activating group) is 1. The number of nitrogens with zero attached hydrogens (tertiary/aromatic N) is 3. The van der Waals surface area contributed by atoms with Crippen molar-refractivity contribution in [1.82, 2.24) is 15.1 Å². The quantitative estimate of drug-likeness (QED) is 0.413. The first kappa shape index (κ1) is 20.5. The maximum atomic E-state index is 12.1. The topological polar surface area (TPSA) is 83.5 Å². The summed E-state index contributed by atoms with van der Waals surface area (Å²) >= 11 is 0. The van der Waals surface area contributed by atoms with Crippen LogP contribution in [0.3, 0.4) is 0 Å². The third-order valence-electron chi connectivity index (χ3n) is 4.78. The first-order valence-electron chi connectivity index (χ1n) is 9.49. The number of hydrogen-bond acceptors (Lipinski definition) is 5. The van der Waals surface area contributed by atoms with E-state index in [1.165, 1.54) is 4.90 Å². The molecule has 0 aromatic rings. The molecular weight excluding hydrogens is 336 g/mol. The number of nitrogens with one attached hydrogen (secondary N) is 1. The summed E-state index contributed by atoms with van der Waals surface area (Å²) in [6, 6.07) is 0. The first-order chi connectivity index (χ1) is 12.5. The van der Waals surface area contributed by atoms with Crippen LogP contribution in [0.1, 0.15) is 26.2 Å². The minimum Gasteiger partial charge on any atom is -0.466 e. The molecule has 2 heterocycles. The van der Waals surface area contributed by atoms with Gasteiger partial charge in [0.05, 0.1) is 19.1 Å². The van der Waals surface area contributed by atoms with E-state index in [1.54, 1.807) is 14.1 Å². The van der Waals surface area contributed by atoms with E-state index in [0.717, 1.165) is 45.6 Å². The van der Waals surface area contributed by atoms with Gasteiger partial charge in [0.15, 0.2) is 5.96 Å². The van der Waals surface area contributed by atoms with Crippen molar-refractivity contribution in [2.24, 2.45) is 16.8 Å². The second-order valence-electron chi connectivity index (χ2n) is 7.08. The van der Waals surface area contributed by atoms with E-state index in [1.807, 2.05) is 6.92 Å². The molecule has 0 aliphatic carbocycles. The van der Waals surface area contributed by atoms with Crippen molar-refractivity contribution in [1.29, 1.82) is 0 Å². The Morgan fingerprint density at radius 3 is 2.81 bits per heavy atom. The van der Waals surface area contributed by atoms with Crippen LogP contribution in [0, 0.1) is 11.8 Å². The third-order valence-corrected chi connectivity index (χ3v) is 4.78. The second kappa shape index (κ2) is 10.4. The van der Waals surface area contributed by atoms with Gasteiger partial charge in [-0.05, 0) is 26.2 Å². The molecule has 0 saturated carbocycles. The van der Waals surface area contributed by atoms with Crippen molar-refractivity contribution in [2.45, 2.75) is 26.2 Å². The smallest absolute Gasteiger partial charge is 0.310 e. The van der Waals surface area contributed by atoms with Crippen molar-refractivity contribution < 1.29 is 19.1 Å². The third kappa shape index (κ3) is 6.16. The van der Waals surface area contributed by atoms with Gasteiger partial charge in [-0.2, -0.15) is 0 Å². The van der Waals surface area contributed by atoms with Crippen molar-refractivity contribution in [3.8, 4) is 0 Å². The Bertz CT molecular complexity index is 503. The Morgan fingerprint density at radius 1 is 1.35 bits per heavy atom. The van der Waals surface area contributed by atoms with E-state index in [0.29, 0.717) is 25.0 Å². The molecule has 0 radical (unpaired) electrons. The highest BCUT2D eigenvalue weighted by Crippen LogP contribution is 2.18. The van der Waals surface area contributed by atoms with Gasteiger partial charge in [-0.1, -0.05) is 0 Å². The molecule has 2 saturated heterocycles. The van der Waals surface area contributed by atoms with Crippen molar-refractivity contribution >= 4 is 17.8 Å². The Kier molecular flexibility index (Phi) is 8.15. The van der Waals surface area contributed by atoms with E-state index in [2.05, 4.69) is 15.2 Å². The predicted octanol–water partition coefficient (Wildman–Crippen LogP) is 0.332. The largest absolute Gasteiger partial charge is 0.466 e. The zero-order valence-electron chi connectivity index (χ0n) is 16.2. The molecule has 0 aromatic heterocycles. The number of ether oxygens (including phenoxy) is 2. The summed E-state index contributed by atoms with van der Waals surface area (Å²) in [6.45, 7) is 6.01. The van der Waals surface area contributed by atoms with Gasteiger partial charge in [-0.15, -0.1) is 0 Å². The molecule has 2 atom stereocenters. The molecular formula is C18H32N4O4. The fourth-order valence-electron chi connectivity index (χ4n) is 3.15. The highest BCUT2D eigenvalue weighted by Gasteiger charge is 2.29. The summed E-state index contributed by atoms with van der Waals surface area (Å²) in [7, 11) is 3.44. The molecule has 8 heteroatoms. The van der Waals surface area contributed by atoms with Crippen LogP contribution < -0.4 is 5.32 Å². The average molecular weight is 368 g/mol. The highest BCUT2D eigenvalue weighted by molar-refractivity contribution is 5.85. The monoisotopic (exact) mass is 368 g/mol. The number of esters is 1. The fourth-order valence-corrected chi connectivity index (χ4v) is 3.15. The molecule has 2 unspecified atom stereocenters. The van der Waals surface area contributed by atoms with Crippen LogP contribution in [0.25, 0.3) is 0 Å². The Balaban J connectivity index is 2.01. The molecule has 0 bridgehead atoms. The van der Waals surface area contributed by atoms with E-state index >= 15 is 0 Å². The molecule has 148 valence electrons. The van der Waals surface area contributed by atoms with Gasteiger partial charge in [0.2, 0.25) is 5.91 Å². The molecule has 26 heavy (non-hydrogen) atoms. The number of hydrogen-bond donors (Lipinski definition) is 1. The molecule has 0 spiro atoms. The SMILES string of the molecule is CCOC(=O)C1CCCN(C(=NCC(=O)N(C)C)NCC2CCOC2)C1. The second-order valence-corrected chi connectivity index (χ2v) is 7.08. The molecule has 2 rings (SSSR count). The number of rotatable bonds is 6. The van der Waals surface area contributed by atoms with Crippen molar-refractivity contribution in [2.75, 3.05) is 60.1 Å². The average Bonchev–Trinajstić information content (AvgIpc) is 3.15. The first-order valence-corrected chi connectivity index (χ1v) is 9.49. The van der Waals surface area contributed by atoms with Crippen LogP contribution in [0.5, 0.6) is 0 Å². The summed E-state index contributed by atoms with van der Waals surface area (Å²) in [5, 5.41) is 3.39. The van der Waals surface area contributed by atoms with Crippen LogP contribution in [0.2, 0.25) is 0 Å². The summed E-state index contributed by atoms with van der Waals surface area (Å²) in [6.07, 6.45) is 2.76. The molecule has 1 amide bonds. The van der Waals surface area contributed by atoms with Crippen LogP contribution in [-0.2, 0) is 19.1 Å². The van der Waals surface area contributed by atoms with E-state index in [9.17, 15) is 9.59 Å². The lowest BCUT2D eigenvalue weighted by molar-refractivity contribution is -0.149. The minimum atomic E-state index is -0.148. The lowest BCUT2D eigenvalue weighted by Gasteiger charge is -2.34. The van der Waals surface area contributed by atoms with E-state index in [-0.39, 0.29) is 24.3 Å². The van der Waals surface area contributed by atoms with Gasteiger partial charge in [0.1, 0.15) is 6.54 Å². The Morgan fingerprint density at radius 2 is 2.15 bits per heavy atom. The normalized spacial score (nSPS) is 23.7. The van der Waals surface area contributed by atoms with Crippen LogP contribution in [0.15, 0.2) is 4.99 Å². The van der Waals surface area contributed by atoms with Crippen LogP contribution in [-0.4, -0.2) is 87.7 Å². The Hall–Kier alpha value is -1.83. The van der Waals surface area contributed by atoms with Crippen LogP contribution >= 0.6 is 0 Å². The lowest BCUT2D eigenvalue weighted by Crippen LogP contribution is -2.49. The predicted molar refractivity (Wildman–Crippen MR) is 98.9 cm³/mol. The lowest BCUT2D eigenvalue weighted by atomic mass is 9.98. The number of likely N-dealkylation sites (tertiary alicyclic amines) is 1. The van der Waals surface area contributed by atoms with Crippen LogP contribution in [0.4, 0.5) is 0 Å². The van der Waals surface area contributed by atoms with E-state index in [4.69, 9.17) is 9.47 Å². The summed E-state index contributed by atoms with van der Waals surface area (Å²) in [5.41, 5.74) is 0. The number of guanidine groups is 1. The van der Waals surface area contributed by atoms with E-state index < -0.39 is 0 Å². The fraction of sp³-hybridized carbons (Fsp3) is 0.833. The van der Waals surface area contributed by atoms with Gasteiger partial charge in [-0.25, -0.2) is 4.99 Å². The Labute approximate surface area is 155 Å². The summed E-state index contributed by atoms with van der Waals surface area (Å²) in [5.74, 6) is 0.809. The van der Waals surface area contributed by atoms with Crippen molar-refractivity contribution in [3.05, 3.63) is 0 Å². The standard InChI is InChI=1S/C18H32N4O4/c1-4-26-17(24)15-6-5-8-22(12-15)18(20-11-16(23)21(2)3)19-10-14-7-9-25-13-14/h14-15H,4-13H2,1-3H3,(H,19,20). The zero-order valence-corrected chi connectivity index (χ0v) is 16.2. The summed E-state index contributed by atoms with van der Waals surface area (Å²) in [4.78, 5) is 32.2. The van der Waals surface area contributed by atoms with Gasteiger partial charge in [-0.3, -0.25) is 9.59 Å². The summed E-state index contributed by atoms with van der Waals surface area (Å²) < 4.78 is 10.6. The molecule has 2 aliphatic heterocycles. The van der Waals surface area contributed by atoms with Gasteiger partial charge >= 0.3 is 5.97 Å². The molecule has 1 N–H and O–H groups in total. The molecule has 8 nitrogen and oxygen atoms in total. The maximum absolute atomic E-state index is 12.1. The molecule has 2 aliphatic rings. The maximum Gasteiger partial charge on any atom is 0.310 e. The minimum absolute atomic E-state index is 0.0487. The number of piperidine rings is 1. The molecule has 2 fully saturated rings. The number of aliphatic imine (C=N–C) groups is 1. The number of carbonyl (C=O) groups excluding carboxylic acids is 2. The zero-order chi connectivity index (χ0) is 18.9. The van der Waals surface area contributed by atoms with Gasteiger partial charge in [0.25, 0.3) is 0 Å². The number of amides is 1.